The van der Waals surface area contributed by atoms with Crippen LogP contribution in [0.5, 0.6) is 0 Å². The van der Waals surface area contributed by atoms with Crippen LogP contribution in [0.4, 0.5) is 0 Å². The first kappa shape index (κ1) is 15.7. The zero-order valence-corrected chi connectivity index (χ0v) is 12.6. The van der Waals surface area contributed by atoms with E-state index in [0.29, 0.717) is 18.4 Å². The van der Waals surface area contributed by atoms with E-state index in [0.717, 1.165) is 12.8 Å². The summed E-state index contributed by atoms with van der Waals surface area (Å²) in [6.07, 6.45) is 4.49. The highest BCUT2D eigenvalue weighted by Crippen LogP contribution is 2.49. The van der Waals surface area contributed by atoms with Crippen LogP contribution in [0.25, 0.3) is 0 Å². The molecule has 0 saturated heterocycles. The molecule has 116 valence electrons. The molecule has 0 aromatic carbocycles. The number of esters is 2. The average Bonchev–Trinajstić information content (AvgIpc) is 2.47. The Morgan fingerprint density at radius 2 is 2.00 bits per heavy atom. The van der Waals surface area contributed by atoms with Gasteiger partial charge in [0.05, 0.1) is 13.2 Å². The maximum Gasteiger partial charge on any atom is 0.333 e. The molecule has 5 nitrogen and oxygen atoms in total. The lowest BCUT2D eigenvalue weighted by Gasteiger charge is -2.42. The van der Waals surface area contributed by atoms with E-state index in [9.17, 15) is 14.4 Å². The summed E-state index contributed by atoms with van der Waals surface area (Å²) in [4.78, 5) is 36.9. The van der Waals surface area contributed by atoms with Crippen molar-refractivity contribution in [2.24, 2.45) is 11.3 Å². The second-order valence-corrected chi connectivity index (χ2v) is 5.57. The van der Waals surface area contributed by atoms with Gasteiger partial charge in [-0.3, -0.25) is 9.59 Å². The van der Waals surface area contributed by atoms with E-state index < -0.39 is 17.4 Å². The van der Waals surface area contributed by atoms with Crippen LogP contribution in [-0.4, -0.2) is 30.9 Å². The van der Waals surface area contributed by atoms with Gasteiger partial charge in [-0.25, -0.2) is 4.79 Å². The molecule has 21 heavy (non-hydrogen) atoms. The number of carbonyl (C=O) groups excluding carboxylic acids is 3. The van der Waals surface area contributed by atoms with Gasteiger partial charge in [0.15, 0.2) is 5.78 Å². The van der Waals surface area contributed by atoms with Gasteiger partial charge in [-0.1, -0.05) is 6.08 Å². The molecule has 0 unspecified atom stereocenters. The van der Waals surface area contributed by atoms with Gasteiger partial charge in [-0.15, -0.1) is 0 Å². The van der Waals surface area contributed by atoms with Crippen LogP contribution >= 0.6 is 0 Å². The SMILES string of the molecule is CCOC(=O)C1=CC[C@@H]2CCCC(=O)[C@]2(C(=O)OCC)C1. The number of hydrogen-bond acceptors (Lipinski definition) is 5. The molecule has 2 rings (SSSR count). The first-order valence-electron chi connectivity index (χ1n) is 7.62. The highest BCUT2D eigenvalue weighted by atomic mass is 16.5. The first-order chi connectivity index (χ1) is 10.1. The summed E-state index contributed by atoms with van der Waals surface area (Å²) in [5.41, 5.74) is -0.748. The van der Waals surface area contributed by atoms with Crippen LogP contribution in [0.15, 0.2) is 11.6 Å². The Balaban J connectivity index is 2.33. The van der Waals surface area contributed by atoms with Crippen LogP contribution in [0.3, 0.4) is 0 Å². The summed E-state index contributed by atoms with van der Waals surface area (Å²) in [5, 5.41) is 0. The molecule has 2 atom stereocenters. The molecule has 5 heteroatoms. The van der Waals surface area contributed by atoms with Crippen molar-refractivity contribution in [3.05, 3.63) is 11.6 Å². The molecular weight excluding hydrogens is 272 g/mol. The molecule has 0 N–H and O–H groups in total. The molecular formula is C16H22O5. The molecule has 0 bridgehead atoms. The van der Waals surface area contributed by atoms with Gasteiger partial charge < -0.3 is 9.47 Å². The number of rotatable bonds is 4. The third-order valence-corrected chi connectivity index (χ3v) is 4.45. The van der Waals surface area contributed by atoms with E-state index in [1.54, 1.807) is 13.8 Å². The fourth-order valence-electron chi connectivity index (χ4n) is 3.42. The molecule has 0 aromatic heterocycles. The summed E-state index contributed by atoms with van der Waals surface area (Å²) in [7, 11) is 0. The molecule has 0 heterocycles. The lowest BCUT2D eigenvalue weighted by atomic mass is 9.59. The van der Waals surface area contributed by atoms with Crippen LogP contribution in [0.2, 0.25) is 0 Å². The Morgan fingerprint density at radius 1 is 1.29 bits per heavy atom. The molecule has 0 spiro atoms. The number of hydrogen-bond donors (Lipinski definition) is 0. The number of ketones is 1. The van der Waals surface area contributed by atoms with Crippen molar-refractivity contribution in [2.75, 3.05) is 13.2 Å². The standard InChI is InChI=1S/C16H22O5/c1-3-20-14(18)11-8-9-12-6-5-7-13(17)16(12,10-11)15(19)21-4-2/h8,12H,3-7,9-10H2,1-2H3/t12-,16-/m0/s1. The molecule has 2 aliphatic carbocycles. The molecule has 1 saturated carbocycles. The second kappa shape index (κ2) is 6.41. The lowest BCUT2D eigenvalue weighted by Crippen LogP contribution is -2.51. The van der Waals surface area contributed by atoms with Crippen molar-refractivity contribution < 1.29 is 23.9 Å². The summed E-state index contributed by atoms with van der Waals surface area (Å²) in [6, 6.07) is 0. The fourth-order valence-corrected chi connectivity index (χ4v) is 3.42. The quantitative estimate of drug-likeness (QED) is 0.587. The predicted octanol–water partition coefficient (Wildman–Crippen LogP) is 2.19. The number of ether oxygens (including phenoxy) is 2. The molecule has 0 radical (unpaired) electrons. The van der Waals surface area contributed by atoms with Crippen molar-refractivity contribution in [2.45, 2.75) is 46.0 Å². The topological polar surface area (TPSA) is 69.7 Å². The zero-order chi connectivity index (χ0) is 15.5. The Hall–Kier alpha value is -1.65. The zero-order valence-electron chi connectivity index (χ0n) is 12.6. The molecule has 1 fully saturated rings. The van der Waals surface area contributed by atoms with E-state index in [4.69, 9.17) is 9.47 Å². The molecule has 2 aliphatic rings. The van der Waals surface area contributed by atoms with Gasteiger partial charge in [0.1, 0.15) is 5.41 Å². The minimum absolute atomic E-state index is 0.0593. The van der Waals surface area contributed by atoms with Crippen LogP contribution in [0.1, 0.15) is 46.0 Å². The summed E-state index contributed by atoms with van der Waals surface area (Å²) in [5.74, 6) is -1.06. The lowest BCUT2D eigenvalue weighted by molar-refractivity contribution is -0.167. The maximum absolute atomic E-state index is 12.5. The van der Waals surface area contributed by atoms with Gasteiger partial charge in [0.2, 0.25) is 0 Å². The largest absolute Gasteiger partial charge is 0.465 e. The third-order valence-electron chi connectivity index (χ3n) is 4.45. The van der Waals surface area contributed by atoms with E-state index in [2.05, 4.69) is 0 Å². The smallest absolute Gasteiger partial charge is 0.333 e. The summed E-state index contributed by atoms with van der Waals surface area (Å²) in [6.45, 7) is 3.97. The van der Waals surface area contributed by atoms with Crippen molar-refractivity contribution in [3.8, 4) is 0 Å². The highest BCUT2D eigenvalue weighted by molar-refractivity contribution is 6.06. The van der Waals surface area contributed by atoms with Crippen molar-refractivity contribution >= 4 is 17.7 Å². The van der Waals surface area contributed by atoms with Crippen LogP contribution < -0.4 is 0 Å². The highest BCUT2D eigenvalue weighted by Gasteiger charge is 2.56. The number of Topliss-reactive ketones (excluding diaryl/α,β-unsaturated/α-hetero) is 1. The Morgan fingerprint density at radius 3 is 2.67 bits per heavy atom. The van der Waals surface area contributed by atoms with Gasteiger partial charge >= 0.3 is 11.9 Å². The Bertz CT molecular complexity index is 479. The van der Waals surface area contributed by atoms with Crippen molar-refractivity contribution in [1.82, 2.24) is 0 Å². The molecule has 0 aliphatic heterocycles. The minimum Gasteiger partial charge on any atom is -0.465 e. The van der Waals surface area contributed by atoms with Crippen LogP contribution in [0, 0.1) is 11.3 Å². The number of fused-ring (bicyclic) bond motifs is 1. The molecule has 0 aromatic rings. The number of allylic oxidation sites excluding steroid dienone is 1. The van der Waals surface area contributed by atoms with E-state index in [-0.39, 0.29) is 31.3 Å². The maximum atomic E-state index is 12.5. The van der Waals surface area contributed by atoms with Gasteiger partial charge in [0.25, 0.3) is 0 Å². The van der Waals surface area contributed by atoms with Crippen molar-refractivity contribution in [3.63, 3.8) is 0 Å². The summed E-state index contributed by atoms with van der Waals surface area (Å²) >= 11 is 0. The fraction of sp³-hybridized carbons (Fsp3) is 0.688. The molecule has 0 amide bonds. The van der Waals surface area contributed by atoms with Gasteiger partial charge in [-0.2, -0.15) is 0 Å². The predicted molar refractivity (Wildman–Crippen MR) is 75.4 cm³/mol. The van der Waals surface area contributed by atoms with E-state index in [1.807, 2.05) is 6.08 Å². The monoisotopic (exact) mass is 294 g/mol. The average molecular weight is 294 g/mol. The second-order valence-electron chi connectivity index (χ2n) is 5.57. The summed E-state index contributed by atoms with van der Waals surface area (Å²) < 4.78 is 10.2. The first-order valence-corrected chi connectivity index (χ1v) is 7.62. The third kappa shape index (κ3) is 2.74. The van der Waals surface area contributed by atoms with Gasteiger partial charge in [-0.05, 0) is 39.0 Å². The van der Waals surface area contributed by atoms with E-state index in [1.165, 1.54) is 0 Å². The van der Waals surface area contributed by atoms with E-state index >= 15 is 0 Å². The van der Waals surface area contributed by atoms with Crippen LogP contribution in [-0.2, 0) is 23.9 Å². The Labute approximate surface area is 124 Å². The van der Waals surface area contributed by atoms with Crippen molar-refractivity contribution in [1.29, 1.82) is 0 Å². The number of carbonyl (C=O) groups is 3. The Kier molecular flexibility index (Phi) is 4.80. The normalized spacial score (nSPS) is 28.4. The van der Waals surface area contributed by atoms with Gasteiger partial charge in [0, 0.05) is 18.4 Å². The minimum atomic E-state index is -1.18.